The molecule has 0 atom stereocenters. The minimum absolute atomic E-state index is 0.851. The Balaban J connectivity index is 1.51. The van der Waals surface area contributed by atoms with Crippen molar-refractivity contribution in [3.8, 4) is 0 Å². The van der Waals surface area contributed by atoms with Gasteiger partial charge < -0.3 is 10.2 Å². The second-order valence-corrected chi connectivity index (χ2v) is 6.46. The van der Waals surface area contributed by atoms with E-state index in [-0.39, 0.29) is 0 Å². The molecular weight excluding hydrogens is 282 g/mol. The summed E-state index contributed by atoms with van der Waals surface area (Å²) < 4.78 is 0. The molecule has 21 heavy (non-hydrogen) atoms. The number of hydrogen-bond donors (Lipinski definition) is 1. The molecule has 2 aromatic heterocycles. The van der Waals surface area contributed by atoms with E-state index in [1.165, 1.54) is 9.75 Å². The Kier molecular flexibility index (Phi) is 4.80. The predicted molar refractivity (Wildman–Crippen MR) is 86.6 cm³/mol. The molecule has 1 fully saturated rings. The van der Waals surface area contributed by atoms with Crippen molar-refractivity contribution in [1.29, 1.82) is 0 Å². The Morgan fingerprint density at radius 1 is 1.10 bits per heavy atom. The summed E-state index contributed by atoms with van der Waals surface area (Å²) in [5, 5.41) is 3.20. The van der Waals surface area contributed by atoms with Crippen LogP contribution in [0.25, 0.3) is 0 Å². The molecule has 3 heterocycles. The van der Waals surface area contributed by atoms with Crippen LogP contribution < -0.4 is 10.2 Å². The van der Waals surface area contributed by atoms with Crippen LogP contribution in [0.4, 0.5) is 5.95 Å². The molecule has 1 aliphatic rings. The van der Waals surface area contributed by atoms with Gasteiger partial charge in [0.05, 0.1) is 0 Å². The molecule has 3 rings (SSSR count). The lowest BCUT2D eigenvalue weighted by Crippen LogP contribution is -2.46. The summed E-state index contributed by atoms with van der Waals surface area (Å²) in [4.78, 5) is 16.3. The summed E-state index contributed by atoms with van der Waals surface area (Å²) in [5.74, 6) is 0.851. The monoisotopic (exact) mass is 303 g/mol. The lowest BCUT2D eigenvalue weighted by atomic mass is 10.3. The molecule has 0 aromatic carbocycles. The van der Waals surface area contributed by atoms with Crippen LogP contribution in [0.3, 0.4) is 0 Å². The topological polar surface area (TPSA) is 44.3 Å². The maximum Gasteiger partial charge on any atom is 0.225 e. The van der Waals surface area contributed by atoms with Crippen molar-refractivity contribution in [2.45, 2.75) is 13.1 Å². The first-order valence-electron chi connectivity index (χ1n) is 7.31. The van der Waals surface area contributed by atoms with Crippen molar-refractivity contribution in [3.05, 3.63) is 40.3 Å². The lowest BCUT2D eigenvalue weighted by molar-refractivity contribution is 0.251. The van der Waals surface area contributed by atoms with Crippen molar-refractivity contribution in [3.63, 3.8) is 0 Å². The third kappa shape index (κ3) is 3.78. The predicted octanol–water partition coefficient (Wildman–Crippen LogP) is 1.58. The van der Waals surface area contributed by atoms with Gasteiger partial charge in [-0.25, -0.2) is 9.97 Å². The molecule has 0 aliphatic carbocycles. The van der Waals surface area contributed by atoms with Crippen LogP contribution in [0, 0.1) is 0 Å². The fourth-order valence-electron chi connectivity index (χ4n) is 2.56. The third-order valence-corrected chi connectivity index (χ3v) is 4.73. The highest BCUT2D eigenvalue weighted by Gasteiger charge is 2.19. The number of hydrogen-bond acceptors (Lipinski definition) is 6. The van der Waals surface area contributed by atoms with Gasteiger partial charge in [0, 0.05) is 61.4 Å². The molecule has 6 heteroatoms. The Hall–Kier alpha value is -1.50. The molecule has 0 bridgehead atoms. The zero-order valence-electron chi connectivity index (χ0n) is 12.3. The van der Waals surface area contributed by atoms with Crippen LogP contribution >= 0.6 is 11.3 Å². The number of piperazine rings is 1. The van der Waals surface area contributed by atoms with Gasteiger partial charge in [-0.1, -0.05) is 0 Å². The summed E-state index contributed by atoms with van der Waals surface area (Å²) >= 11 is 1.91. The van der Waals surface area contributed by atoms with Crippen molar-refractivity contribution in [1.82, 2.24) is 20.2 Å². The van der Waals surface area contributed by atoms with Crippen LogP contribution in [0.15, 0.2) is 30.6 Å². The Labute approximate surface area is 129 Å². The smallest absolute Gasteiger partial charge is 0.225 e. The van der Waals surface area contributed by atoms with E-state index in [0.717, 1.165) is 45.2 Å². The van der Waals surface area contributed by atoms with E-state index in [1.54, 1.807) is 0 Å². The normalized spacial score (nSPS) is 16.3. The first-order chi connectivity index (χ1) is 10.3. The molecule has 0 unspecified atom stereocenters. The van der Waals surface area contributed by atoms with Gasteiger partial charge in [0.2, 0.25) is 5.95 Å². The molecule has 5 nitrogen and oxygen atoms in total. The molecule has 112 valence electrons. The minimum atomic E-state index is 0.851. The van der Waals surface area contributed by atoms with Crippen LogP contribution in [0.1, 0.15) is 9.75 Å². The van der Waals surface area contributed by atoms with E-state index in [1.807, 2.05) is 36.8 Å². The first-order valence-corrected chi connectivity index (χ1v) is 8.13. The van der Waals surface area contributed by atoms with Crippen molar-refractivity contribution >= 4 is 17.3 Å². The zero-order chi connectivity index (χ0) is 14.5. The van der Waals surface area contributed by atoms with Gasteiger partial charge in [0.15, 0.2) is 0 Å². The summed E-state index contributed by atoms with van der Waals surface area (Å²) in [6.07, 6.45) is 3.62. The van der Waals surface area contributed by atoms with Gasteiger partial charge in [-0.3, -0.25) is 4.90 Å². The maximum atomic E-state index is 4.33. The van der Waals surface area contributed by atoms with Gasteiger partial charge in [-0.15, -0.1) is 11.3 Å². The highest BCUT2D eigenvalue weighted by Crippen LogP contribution is 2.19. The first kappa shape index (κ1) is 14.4. The van der Waals surface area contributed by atoms with E-state index >= 15 is 0 Å². The van der Waals surface area contributed by atoms with Crippen molar-refractivity contribution in [2.75, 3.05) is 38.1 Å². The Bertz CT molecular complexity index is 548. The van der Waals surface area contributed by atoms with Crippen LogP contribution in [0.2, 0.25) is 0 Å². The average molecular weight is 303 g/mol. The fourth-order valence-corrected chi connectivity index (χ4v) is 3.63. The SMILES string of the molecule is CNCc1ccc(CN2CCN(c3ncccn3)CC2)s1. The Morgan fingerprint density at radius 2 is 1.81 bits per heavy atom. The number of aromatic nitrogens is 2. The lowest BCUT2D eigenvalue weighted by Gasteiger charge is -2.34. The van der Waals surface area contributed by atoms with Gasteiger partial charge in [0.25, 0.3) is 0 Å². The number of thiophene rings is 1. The fraction of sp³-hybridized carbons (Fsp3) is 0.467. The van der Waals surface area contributed by atoms with Gasteiger partial charge in [-0.05, 0) is 25.2 Å². The summed E-state index contributed by atoms with van der Waals surface area (Å²) in [6, 6.07) is 6.34. The van der Waals surface area contributed by atoms with Crippen LogP contribution in [-0.2, 0) is 13.1 Å². The molecule has 1 saturated heterocycles. The number of anilines is 1. The van der Waals surface area contributed by atoms with Crippen molar-refractivity contribution in [2.24, 2.45) is 0 Å². The standard InChI is InChI=1S/C15H21N5S/c1-16-11-13-3-4-14(21-13)12-19-7-9-20(10-8-19)15-17-5-2-6-18-15/h2-6,16H,7-12H2,1H3. The average Bonchev–Trinajstić information content (AvgIpc) is 2.97. The summed E-state index contributed by atoms with van der Waals surface area (Å²) in [6.45, 7) is 6.15. The second-order valence-electron chi connectivity index (χ2n) is 5.21. The highest BCUT2D eigenvalue weighted by atomic mass is 32.1. The number of rotatable bonds is 5. The molecule has 0 amide bonds. The van der Waals surface area contributed by atoms with Crippen LogP contribution in [-0.4, -0.2) is 48.1 Å². The van der Waals surface area contributed by atoms with E-state index in [2.05, 4.69) is 37.2 Å². The van der Waals surface area contributed by atoms with Gasteiger partial charge in [-0.2, -0.15) is 0 Å². The second kappa shape index (κ2) is 6.98. The molecule has 0 radical (unpaired) electrons. The number of nitrogens with zero attached hydrogens (tertiary/aromatic N) is 4. The number of nitrogens with one attached hydrogen (secondary N) is 1. The molecule has 0 saturated carbocycles. The molecule has 1 aliphatic heterocycles. The van der Waals surface area contributed by atoms with E-state index in [9.17, 15) is 0 Å². The third-order valence-electron chi connectivity index (χ3n) is 3.66. The molecule has 2 aromatic rings. The van der Waals surface area contributed by atoms with E-state index < -0.39 is 0 Å². The van der Waals surface area contributed by atoms with Crippen molar-refractivity contribution < 1.29 is 0 Å². The van der Waals surface area contributed by atoms with Gasteiger partial charge in [0.1, 0.15) is 0 Å². The highest BCUT2D eigenvalue weighted by molar-refractivity contribution is 7.11. The zero-order valence-corrected chi connectivity index (χ0v) is 13.1. The molecule has 1 N–H and O–H groups in total. The van der Waals surface area contributed by atoms with Gasteiger partial charge >= 0.3 is 0 Å². The maximum absolute atomic E-state index is 4.33. The molecule has 0 spiro atoms. The van der Waals surface area contributed by atoms with Crippen LogP contribution in [0.5, 0.6) is 0 Å². The largest absolute Gasteiger partial charge is 0.338 e. The minimum Gasteiger partial charge on any atom is -0.338 e. The summed E-state index contributed by atoms with van der Waals surface area (Å²) in [7, 11) is 1.99. The molecular formula is C15H21N5S. The van der Waals surface area contributed by atoms with E-state index in [0.29, 0.717) is 0 Å². The summed E-state index contributed by atoms with van der Waals surface area (Å²) in [5.41, 5.74) is 0. The quantitative estimate of drug-likeness (QED) is 0.908. The van der Waals surface area contributed by atoms with E-state index in [4.69, 9.17) is 0 Å². The Morgan fingerprint density at radius 3 is 2.52 bits per heavy atom.